The van der Waals surface area contributed by atoms with Crippen LogP contribution in [0.1, 0.15) is 31.4 Å². The highest BCUT2D eigenvalue weighted by Crippen LogP contribution is 2.42. The fraction of sp³-hybridized carbons (Fsp3) is 0.500. The zero-order valence-corrected chi connectivity index (χ0v) is 11.7. The zero-order chi connectivity index (χ0) is 13.7. The summed E-state index contributed by atoms with van der Waals surface area (Å²) in [5, 5.41) is 13.0. The first kappa shape index (κ1) is 12.8. The third-order valence-electron chi connectivity index (χ3n) is 4.21. The van der Waals surface area contributed by atoms with E-state index in [-0.39, 0.29) is 5.91 Å². The van der Waals surface area contributed by atoms with Crippen molar-refractivity contribution < 1.29 is 9.90 Å². The van der Waals surface area contributed by atoms with Gasteiger partial charge < -0.3 is 15.3 Å². The molecule has 4 nitrogen and oxygen atoms in total. The van der Waals surface area contributed by atoms with Crippen LogP contribution in [-0.2, 0) is 4.79 Å². The summed E-state index contributed by atoms with van der Waals surface area (Å²) in [5.41, 5.74) is 2.12. The molecule has 1 amide bonds. The third-order valence-corrected chi connectivity index (χ3v) is 4.52. The maximum Gasteiger partial charge on any atom is 0.257 e. The van der Waals surface area contributed by atoms with E-state index in [2.05, 4.69) is 17.1 Å². The highest BCUT2D eigenvalue weighted by Gasteiger charge is 2.33. The van der Waals surface area contributed by atoms with Crippen LogP contribution in [0.5, 0.6) is 0 Å². The van der Waals surface area contributed by atoms with Gasteiger partial charge in [-0.05, 0) is 37.8 Å². The molecule has 0 radical (unpaired) electrons. The molecule has 5 heteroatoms. The van der Waals surface area contributed by atoms with Crippen LogP contribution < -0.4 is 10.2 Å². The van der Waals surface area contributed by atoms with Crippen molar-refractivity contribution in [3.05, 3.63) is 22.7 Å². The number of hydrogen-bond acceptors (Lipinski definition) is 3. The van der Waals surface area contributed by atoms with Gasteiger partial charge in [0.15, 0.2) is 6.10 Å². The number of nitrogens with zero attached hydrogens (tertiary/aromatic N) is 1. The number of anilines is 2. The Labute approximate surface area is 117 Å². The fourth-order valence-corrected chi connectivity index (χ4v) is 2.94. The number of amides is 1. The minimum Gasteiger partial charge on any atom is -0.378 e. The van der Waals surface area contributed by atoms with Gasteiger partial charge in [-0.3, -0.25) is 4.79 Å². The van der Waals surface area contributed by atoms with E-state index in [9.17, 15) is 9.90 Å². The van der Waals surface area contributed by atoms with Crippen LogP contribution in [0.3, 0.4) is 0 Å². The van der Waals surface area contributed by atoms with Gasteiger partial charge in [0.05, 0.1) is 10.7 Å². The van der Waals surface area contributed by atoms with E-state index in [1.807, 2.05) is 13.1 Å². The van der Waals surface area contributed by atoms with Gasteiger partial charge in [0.25, 0.3) is 5.91 Å². The molecule has 2 unspecified atom stereocenters. The lowest BCUT2D eigenvalue weighted by Gasteiger charge is -2.28. The summed E-state index contributed by atoms with van der Waals surface area (Å²) in [4.78, 5) is 13.6. The van der Waals surface area contributed by atoms with E-state index in [1.165, 1.54) is 12.8 Å². The Balaban J connectivity index is 1.95. The Morgan fingerprint density at radius 3 is 2.79 bits per heavy atom. The standard InChI is InChI=1S/C14H17ClN2O2/c1-7(8-3-4-8)17(2)12-6-11-9(5-10(12)15)13(18)14(19)16-11/h5-8,13,18H,3-4H2,1-2H3,(H,16,19). The number of rotatable bonds is 3. The number of aliphatic hydroxyl groups is 1. The van der Waals surface area contributed by atoms with Crippen molar-refractivity contribution in [2.75, 3.05) is 17.3 Å². The molecule has 0 spiro atoms. The molecule has 1 heterocycles. The van der Waals surface area contributed by atoms with Crippen molar-refractivity contribution in [2.45, 2.75) is 31.9 Å². The van der Waals surface area contributed by atoms with Gasteiger partial charge in [0.1, 0.15) is 0 Å². The lowest BCUT2D eigenvalue weighted by atomic mass is 10.1. The van der Waals surface area contributed by atoms with Crippen LogP contribution in [0.15, 0.2) is 12.1 Å². The summed E-state index contributed by atoms with van der Waals surface area (Å²) in [6, 6.07) is 3.97. The van der Waals surface area contributed by atoms with E-state index in [0.29, 0.717) is 22.3 Å². The SMILES string of the molecule is CC(C1CC1)N(C)c1cc2c(cc1Cl)C(O)C(=O)N2. The number of benzene rings is 1. The van der Waals surface area contributed by atoms with Crippen LogP contribution in [0.2, 0.25) is 5.02 Å². The summed E-state index contributed by atoms with van der Waals surface area (Å²) in [7, 11) is 2.02. The van der Waals surface area contributed by atoms with Gasteiger partial charge in [-0.25, -0.2) is 0 Å². The van der Waals surface area contributed by atoms with Crippen molar-refractivity contribution in [1.29, 1.82) is 0 Å². The molecule has 2 aliphatic rings. The smallest absolute Gasteiger partial charge is 0.257 e. The first-order chi connectivity index (χ1) is 8.99. The maximum absolute atomic E-state index is 11.5. The molecule has 2 atom stereocenters. The molecule has 0 bridgehead atoms. The minimum atomic E-state index is -1.10. The fourth-order valence-electron chi connectivity index (χ4n) is 2.64. The van der Waals surface area contributed by atoms with Gasteiger partial charge in [-0.2, -0.15) is 0 Å². The van der Waals surface area contributed by atoms with Gasteiger partial charge in [0.2, 0.25) is 0 Å². The molecular formula is C14H17ClN2O2. The van der Waals surface area contributed by atoms with Crippen LogP contribution in [0.4, 0.5) is 11.4 Å². The second kappa shape index (κ2) is 4.39. The Morgan fingerprint density at radius 2 is 2.16 bits per heavy atom. The average molecular weight is 281 g/mol. The summed E-state index contributed by atoms with van der Waals surface area (Å²) in [5.74, 6) is 0.343. The maximum atomic E-state index is 11.5. The van der Waals surface area contributed by atoms with E-state index in [0.717, 1.165) is 11.6 Å². The summed E-state index contributed by atoms with van der Waals surface area (Å²) >= 11 is 6.29. The molecule has 1 aliphatic heterocycles. The minimum absolute atomic E-state index is 0.388. The molecule has 102 valence electrons. The lowest BCUT2D eigenvalue weighted by molar-refractivity contribution is -0.123. The number of halogens is 1. The topological polar surface area (TPSA) is 52.6 Å². The van der Waals surface area contributed by atoms with Crippen LogP contribution in [-0.4, -0.2) is 24.1 Å². The van der Waals surface area contributed by atoms with E-state index in [1.54, 1.807) is 6.07 Å². The summed E-state index contributed by atoms with van der Waals surface area (Å²) in [6.07, 6.45) is 1.43. The Bertz CT molecular complexity index is 542. The highest BCUT2D eigenvalue weighted by atomic mass is 35.5. The second-order valence-corrected chi connectivity index (χ2v) is 5.88. The van der Waals surface area contributed by atoms with Crippen LogP contribution in [0, 0.1) is 5.92 Å². The predicted octanol–water partition coefficient (Wildman–Crippen LogP) is 2.56. The monoisotopic (exact) mass is 280 g/mol. The first-order valence-electron chi connectivity index (χ1n) is 6.54. The number of aliphatic hydroxyl groups excluding tert-OH is 1. The molecule has 3 rings (SSSR count). The number of fused-ring (bicyclic) bond motifs is 1. The molecular weight excluding hydrogens is 264 g/mol. The quantitative estimate of drug-likeness (QED) is 0.895. The molecule has 1 fully saturated rings. The van der Waals surface area contributed by atoms with Crippen molar-refractivity contribution in [3.63, 3.8) is 0 Å². The van der Waals surface area contributed by atoms with Gasteiger partial charge in [0, 0.05) is 24.3 Å². The average Bonchev–Trinajstić information content (AvgIpc) is 3.18. The van der Waals surface area contributed by atoms with Crippen molar-refractivity contribution in [2.24, 2.45) is 5.92 Å². The number of carbonyl (C=O) groups is 1. The highest BCUT2D eigenvalue weighted by molar-refractivity contribution is 6.33. The van der Waals surface area contributed by atoms with Crippen LogP contribution in [0.25, 0.3) is 0 Å². The normalized spacial score (nSPS) is 22.9. The van der Waals surface area contributed by atoms with Crippen molar-refractivity contribution in [1.82, 2.24) is 0 Å². The van der Waals surface area contributed by atoms with Gasteiger partial charge in [-0.15, -0.1) is 0 Å². The Hall–Kier alpha value is -1.26. The van der Waals surface area contributed by atoms with E-state index >= 15 is 0 Å². The van der Waals surface area contributed by atoms with Crippen molar-refractivity contribution in [3.8, 4) is 0 Å². The van der Waals surface area contributed by atoms with E-state index in [4.69, 9.17) is 11.6 Å². The van der Waals surface area contributed by atoms with Gasteiger partial charge >= 0.3 is 0 Å². The summed E-state index contributed by atoms with van der Waals surface area (Å²) in [6.45, 7) is 2.19. The predicted molar refractivity (Wildman–Crippen MR) is 75.6 cm³/mol. The van der Waals surface area contributed by atoms with Gasteiger partial charge in [-0.1, -0.05) is 11.6 Å². The molecule has 0 aromatic heterocycles. The molecule has 0 saturated heterocycles. The number of carbonyl (C=O) groups excluding carboxylic acids is 1. The molecule has 1 saturated carbocycles. The molecule has 1 aromatic rings. The molecule has 1 aromatic carbocycles. The Morgan fingerprint density at radius 1 is 1.47 bits per heavy atom. The Kier molecular flexibility index (Phi) is 2.95. The van der Waals surface area contributed by atoms with Crippen LogP contribution >= 0.6 is 11.6 Å². The first-order valence-corrected chi connectivity index (χ1v) is 6.92. The number of nitrogens with one attached hydrogen (secondary N) is 1. The lowest BCUT2D eigenvalue weighted by Crippen LogP contribution is -2.30. The largest absolute Gasteiger partial charge is 0.378 e. The molecule has 19 heavy (non-hydrogen) atoms. The molecule has 1 aliphatic carbocycles. The van der Waals surface area contributed by atoms with Crippen molar-refractivity contribution >= 4 is 28.9 Å². The number of hydrogen-bond donors (Lipinski definition) is 2. The van der Waals surface area contributed by atoms with E-state index < -0.39 is 6.10 Å². The second-order valence-electron chi connectivity index (χ2n) is 5.47. The summed E-state index contributed by atoms with van der Waals surface area (Å²) < 4.78 is 0. The zero-order valence-electron chi connectivity index (χ0n) is 11.0. The molecule has 2 N–H and O–H groups in total. The third kappa shape index (κ3) is 2.09.